The lowest BCUT2D eigenvalue weighted by Crippen LogP contribution is -2.45. The van der Waals surface area contributed by atoms with Crippen molar-refractivity contribution >= 4 is 5.97 Å². The molecule has 4 nitrogen and oxygen atoms in total. The minimum atomic E-state index is -0.762. The zero-order valence-corrected chi connectivity index (χ0v) is 8.29. The fraction of sp³-hybridized carbons (Fsp3) is 0.889. The number of carboxylic acid groups (broad SMARTS) is 1. The molecule has 2 unspecified atom stereocenters. The van der Waals surface area contributed by atoms with E-state index in [-0.39, 0.29) is 0 Å². The highest BCUT2D eigenvalue weighted by Gasteiger charge is 2.25. The Labute approximate surface area is 78.9 Å². The first-order chi connectivity index (χ1) is 6.15. The van der Waals surface area contributed by atoms with Crippen molar-refractivity contribution in [3.05, 3.63) is 0 Å². The molecule has 0 aliphatic carbocycles. The molecule has 1 saturated heterocycles. The molecule has 13 heavy (non-hydrogen) atoms. The highest BCUT2D eigenvalue weighted by atomic mass is 16.4. The standard InChI is InChI=1S/C9H18N2O2/c1-7-4-3-5-11(7)6-8(10-2)9(12)13/h7-8,10H,3-6H2,1-2H3,(H,12,13). The van der Waals surface area contributed by atoms with E-state index in [9.17, 15) is 4.79 Å². The van der Waals surface area contributed by atoms with Crippen LogP contribution in [0.25, 0.3) is 0 Å². The van der Waals surface area contributed by atoms with Crippen molar-refractivity contribution in [1.82, 2.24) is 10.2 Å². The van der Waals surface area contributed by atoms with Gasteiger partial charge in [-0.3, -0.25) is 9.69 Å². The molecule has 0 bridgehead atoms. The van der Waals surface area contributed by atoms with Crippen LogP contribution in [-0.2, 0) is 4.79 Å². The van der Waals surface area contributed by atoms with Crippen molar-refractivity contribution < 1.29 is 9.90 Å². The van der Waals surface area contributed by atoms with Crippen molar-refractivity contribution in [3.63, 3.8) is 0 Å². The highest BCUT2D eigenvalue weighted by molar-refractivity contribution is 5.73. The molecule has 1 fully saturated rings. The average Bonchev–Trinajstić information content (AvgIpc) is 2.46. The summed E-state index contributed by atoms with van der Waals surface area (Å²) in [4.78, 5) is 13.0. The number of aliphatic carboxylic acids is 1. The van der Waals surface area contributed by atoms with Gasteiger partial charge in [-0.25, -0.2) is 0 Å². The van der Waals surface area contributed by atoms with Crippen LogP contribution in [0.3, 0.4) is 0 Å². The van der Waals surface area contributed by atoms with E-state index < -0.39 is 12.0 Å². The first-order valence-electron chi connectivity index (χ1n) is 4.79. The summed E-state index contributed by atoms with van der Waals surface area (Å²) in [6.45, 7) is 3.81. The van der Waals surface area contributed by atoms with Crippen molar-refractivity contribution in [2.75, 3.05) is 20.1 Å². The second-order valence-electron chi connectivity index (χ2n) is 3.67. The fourth-order valence-electron chi connectivity index (χ4n) is 1.79. The van der Waals surface area contributed by atoms with E-state index in [1.54, 1.807) is 7.05 Å². The normalized spacial score (nSPS) is 26.2. The first-order valence-corrected chi connectivity index (χ1v) is 4.79. The lowest BCUT2D eigenvalue weighted by atomic mass is 10.2. The van der Waals surface area contributed by atoms with Gasteiger partial charge in [-0.15, -0.1) is 0 Å². The monoisotopic (exact) mass is 186 g/mol. The third kappa shape index (κ3) is 2.67. The number of nitrogens with zero attached hydrogens (tertiary/aromatic N) is 1. The molecule has 2 atom stereocenters. The second-order valence-corrected chi connectivity index (χ2v) is 3.67. The van der Waals surface area contributed by atoms with Gasteiger partial charge >= 0.3 is 5.97 Å². The molecule has 1 heterocycles. The summed E-state index contributed by atoms with van der Waals surface area (Å²) in [7, 11) is 1.69. The van der Waals surface area contributed by atoms with Crippen LogP contribution in [0.4, 0.5) is 0 Å². The van der Waals surface area contributed by atoms with E-state index in [1.165, 1.54) is 12.8 Å². The van der Waals surface area contributed by atoms with Crippen LogP contribution in [0.1, 0.15) is 19.8 Å². The number of nitrogens with one attached hydrogen (secondary N) is 1. The van der Waals surface area contributed by atoms with Crippen LogP contribution < -0.4 is 5.32 Å². The average molecular weight is 186 g/mol. The number of hydrogen-bond donors (Lipinski definition) is 2. The summed E-state index contributed by atoms with van der Waals surface area (Å²) in [5.41, 5.74) is 0. The third-order valence-electron chi connectivity index (χ3n) is 2.75. The SMILES string of the molecule is CNC(CN1CCCC1C)C(=O)O. The molecule has 0 aromatic carbocycles. The van der Waals surface area contributed by atoms with E-state index in [0.29, 0.717) is 12.6 Å². The topological polar surface area (TPSA) is 52.6 Å². The Kier molecular flexibility index (Phi) is 3.69. The van der Waals surface area contributed by atoms with Crippen LogP contribution in [0.15, 0.2) is 0 Å². The van der Waals surface area contributed by atoms with Gasteiger partial charge in [0.1, 0.15) is 6.04 Å². The molecule has 0 aromatic rings. The van der Waals surface area contributed by atoms with Gasteiger partial charge in [-0.2, -0.15) is 0 Å². The molecular formula is C9H18N2O2. The summed E-state index contributed by atoms with van der Waals surface area (Å²) >= 11 is 0. The van der Waals surface area contributed by atoms with E-state index in [2.05, 4.69) is 17.1 Å². The molecule has 0 amide bonds. The Morgan fingerprint density at radius 1 is 1.77 bits per heavy atom. The molecule has 76 valence electrons. The van der Waals surface area contributed by atoms with Gasteiger partial charge in [-0.05, 0) is 33.4 Å². The van der Waals surface area contributed by atoms with E-state index in [4.69, 9.17) is 5.11 Å². The number of carbonyl (C=O) groups is 1. The molecule has 2 N–H and O–H groups in total. The highest BCUT2D eigenvalue weighted by Crippen LogP contribution is 2.16. The third-order valence-corrected chi connectivity index (χ3v) is 2.75. The molecule has 1 rings (SSSR count). The summed E-state index contributed by atoms with van der Waals surface area (Å²) in [6.07, 6.45) is 2.38. The molecule has 1 aliphatic heterocycles. The maximum Gasteiger partial charge on any atom is 0.322 e. The van der Waals surface area contributed by atoms with Crippen molar-refractivity contribution in [2.45, 2.75) is 31.8 Å². The lowest BCUT2D eigenvalue weighted by molar-refractivity contribution is -0.139. The minimum absolute atomic E-state index is 0.430. The molecular weight excluding hydrogens is 168 g/mol. The lowest BCUT2D eigenvalue weighted by Gasteiger charge is -2.24. The van der Waals surface area contributed by atoms with Crippen molar-refractivity contribution in [2.24, 2.45) is 0 Å². The van der Waals surface area contributed by atoms with Crippen LogP contribution in [0.2, 0.25) is 0 Å². The van der Waals surface area contributed by atoms with E-state index >= 15 is 0 Å². The van der Waals surface area contributed by atoms with E-state index in [1.807, 2.05) is 0 Å². The number of carboxylic acids is 1. The van der Waals surface area contributed by atoms with Crippen LogP contribution in [0, 0.1) is 0 Å². The van der Waals surface area contributed by atoms with Crippen LogP contribution in [-0.4, -0.2) is 48.2 Å². The van der Waals surface area contributed by atoms with Crippen molar-refractivity contribution in [3.8, 4) is 0 Å². The zero-order valence-electron chi connectivity index (χ0n) is 8.29. The predicted octanol–water partition coefficient (Wildman–Crippen LogP) is 0.143. The van der Waals surface area contributed by atoms with Crippen molar-refractivity contribution in [1.29, 1.82) is 0 Å². The smallest absolute Gasteiger partial charge is 0.322 e. The second kappa shape index (κ2) is 4.58. The van der Waals surface area contributed by atoms with E-state index in [0.717, 1.165) is 6.54 Å². The maximum absolute atomic E-state index is 10.7. The molecule has 0 aromatic heterocycles. The van der Waals surface area contributed by atoms with Crippen LogP contribution in [0.5, 0.6) is 0 Å². The molecule has 0 saturated carbocycles. The Balaban J connectivity index is 2.41. The number of rotatable bonds is 4. The molecule has 0 spiro atoms. The maximum atomic E-state index is 10.7. The van der Waals surface area contributed by atoms with Gasteiger partial charge in [0.2, 0.25) is 0 Å². The quantitative estimate of drug-likeness (QED) is 0.656. The van der Waals surface area contributed by atoms with Gasteiger partial charge in [0.05, 0.1) is 0 Å². The van der Waals surface area contributed by atoms with Gasteiger partial charge in [-0.1, -0.05) is 0 Å². The number of hydrogen-bond acceptors (Lipinski definition) is 3. The van der Waals surface area contributed by atoms with Gasteiger partial charge < -0.3 is 10.4 Å². The Morgan fingerprint density at radius 3 is 2.85 bits per heavy atom. The Hall–Kier alpha value is -0.610. The largest absolute Gasteiger partial charge is 0.480 e. The van der Waals surface area contributed by atoms with Gasteiger partial charge in [0, 0.05) is 12.6 Å². The summed E-state index contributed by atoms with van der Waals surface area (Å²) in [5, 5.41) is 11.6. The molecule has 4 heteroatoms. The first kappa shape index (κ1) is 10.5. The molecule has 0 radical (unpaired) electrons. The van der Waals surface area contributed by atoms with Crippen LogP contribution >= 0.6 is 0 Å². The predicted molar refractivity (Wildman–Crippen MR) is 50.8 cm³/mol. The molecule has 1 aliphatic rings. The van der Waals surface area contributed by atoms with Gasteiger partial charge in [0.25, 0.3) is 0 Å². The summed E-state index contributed by atoms with van der Waals surface area (Å²) < 4.78 is 0. The minimum Gasteiger partial charge on any atom is -0.480 e. The number of likely N-dealkylation sites (tertiary alicyclic amines) is 1. The number of likely N-dealkylation sites (N-methyl/N-ethyl adjacent to an activating group) is 1. The van der Waals surface area contributed by atoms with Gasteiger partial charge in [0.15, 0.2) is 0 Å². The Morgan fingerprint density at radius 2 is 2.46 bits per heavy atom. The fourth-order valence-corrected chi connectivity index (χ4v) is 1.79. The summed E-state index contributed by atoms with van der Waals surface area (Å²) in [6, 6.07) is 0.107. The zero-order chi connectivity index (χ0) is 9.84. The Bertz CT molecular complexity index is 184. The summed E-state index contributed by atoms with van der Waals surface area (Å²) in [5.74, 6) is -0.762.